The van der Waals surface area contributed by atoms with E-state index < -0.39 is 0 Å². The summed E-state index contributed by atoms with van der Waals surface area (Å²) in [5.74, 6) is 1.04. The summed E-state index contributed by atoms with van der Waals surface area (Å²) in [7, 11) is 0. The maximum atomic E-state index is 10.8. The number of β-amino-alcohol motifs (C(OH)–C–C–N with tert-alkyl or cyclic N) is 1. The Balaban J connectivity index is 1.35. The Morgan fingerprint density at radius 3 is 2.23 bits per heavy atom. The summed E-state index contributed by atoms with van der Waals surface area (Å²) in [6.45, 7) is 5.06. The number of hydrogen-bond acceptors (Lipinski definition) is 3. The first-order valence-corrected chi connectivity index (χ1v) is 10.0. The van der Waals surface area contributed by atoms with E-state index in [0.717, 1.165) is 45.6 Å². The number of benzene rings is 2. The van der Waals surface area contributed by atoms with Crippen LogP contribution in [0.1, 0.15) is 22.6 Å². The van der Waals surface area contributed by atoms with Crippen LogP contribution in [0.2, 0.25) is 0 Å². The molecule has 3 heteroatoms. The van der Waals surface area contributed by atoms with Crippen molar-refractivity contribution in [2.45, 2.75) is 24.9 Å². The average Bonchev–Trinajstić information content (AvgIpc) is 3.24. The van der Waals surface area contributed by atoms with Crippen LogP contribution in [0.15, 0.2) is 54.6 Å². The van der Waals surface area contributed by atoms with Crippen molar-refractivity contribution in [3.63, 3.8) is 0 Å². The number of rotatable bonds is 3. The molecule has 0 bridgehead atoms. The summed E-state index contributed by atoms with van der Waals surface area (Å²) >= 11 is 0. The third kappa shape index (κ3) is 2.61. The standard InChI is InChI=1S/C23H28N2O/c26-21-14-24-16-23(21)20(22(23)19-8-2-1-3-9-19)15-25-12-10-17-6-4-5-7-18(17)11-13-25/h1-9,20-22,24,26H,10-16H2/t20-,21-,22-,23-/m1/s1. The minimum absolute atomic E-state index is 0.0422. The van der Waals surface area contributed by atoms with Gasteiger partial charge >= 0.3 is 0 Å². The van der Waals surface area contributed by atoms with E-state index in [1.54, 1.807) is 0 Å². The number of nitrogens with one attached hydrogen (secondary N) is 1. The third-order valence-electron chi connectivity index (χ3n) is 7.08. The fourth-order valence-corrected chi connectivity index (χ4v) is 5.62. The van der Waals surface area contributed by atoms with Gasteiger partial charge in [0.15, 0.2) is 0 Å². The maximum absolute atomic E-state index is 10.8. The molecule has 0 amide bonds. The molecule has 26 heavy (non-hydrogen) atoms. The van der Waals surface area contributed by atoms with Crippen molar-refractivity contribution in [1.29, 1.82) is 0 Å². The molecule has 1 aliphatic carbocycles. The Morgan fingerprint density at radius 2 is 1.62 bits per heavy atom. The Morgan fingerprint density at radius 1 is 0.962 bits per heavy atom. The van der Waals surface area contributed by atoms with Crippen LogP contribution in [0.4, 0.5) is 0 Å². The van der Waals surface area contributed by atoms with Gasteiger partial charge in [-0.15, -0.1) is 0 Å². The lowest BCUT2D eigenvalue weighted by Crippen LogP contribution is -2.32. The van der Waals surface area contributed by atoms with E-state index in [9.17, 15) is 5.11 Å². The van der Waals surface area contributed by atoms with Gasteiger partial charge in [-0.2, -0.15) is 0 Å². The molecule has 3 aliphatic rings. The molecule has 2 N–H and O–H groups in total. The van der Waals surface area contributed by atoms with Crippen LogP contribution in [0.25, 0.3) is 0 Å². The predicted octanol–water partition coefficient (Wildman–Crippen LogP) is 2.45. The highest BCUT2D eigenvalue weighted by molar-refractivity contribution is 5.37. The summed E-state index contributed by atoms with van der Waals surface area (Å²) in [6, 6.07) is 19.7. The van der Waals surface area contributed by atoms with Crippen molar-refractivity contribution in [3.8, 4) is 0 Å². The fourth-order valence-electron chi connectivity index (χ4n) is 5.62. The lowest BCUT2D eigenvalue weighted by molar-refractivity contribution is 0.116. The van der Waals surface area contributed by atoms with Gasteiger partial charge in [-0.3, -0.25) is 0 Å². The van der Waals surface area contributed by atoms with Gasteiger partial charge in [0.25, 0.3) is 0 Å². The highest BCUT2D eigenvalue weighted by Gasteiger charge is 2.69. The Bertz CT molecular complexity index is 750. The summed E-state index contributed by atoms with van der Waals surface area (Å²) in [4.78, 5) is 2.64. The number of hydrogen-bond donors (Lipinski definition) is 2. The van der Waals surface area contributed by atoms with Crippen molar-refractivity contribution in [2.75, 3.05) is 32.7 Å². The van der Waals surface area contributed by atoms with E-state index in [1.165, 1.54) is 16.7 Å². The normalized spacial score (nSPS) is 33.8. The van der Waals surface area contributed by atoms with Gasteiger partial charge in [0.05, 0.1) is 6.10 Å². The SMILES string of the molecule is O[C@@H]1CNC[C@@]12[C@H](CN1CCc3ccccc3CC1)[C@H]2c1ccccc1. The third-order valence-corrected chi connectivity index (χ3v) is 7.08. The van der Waals surface area contributed by atoms with E-state index in [1.807, 2.05) is 0 Å². The molecule has 0 radical (unpaired) electrons. The van der Waals surface area contributed by atoms with E-state index in [4.69, 9.17) is 0 Å². The quantitative estimate of drug-likeness (QED) is 0.894. The van der Waals surface area contributed by atoms with Crippen LogP contribution in [0.5, 0.6) is 0 Å². The average molecular weight is 348 g/mol. The van der Waals surface area contributed by atoms with E-state index in [-0.39, 0.29) is 11.5 Å². The van der Waals surface area contributed by atoms with Crippen molar-refractivity contribution in [2.24, 2.45) is 11.3 Å². The van der Waals surface area contributed by atoms with Crippen molar-refractivity contribution >= 4 is 0 Å². The smallest absolute Gasteiger partial charge is 0.0742 e. The first-order chi connectivity index (χ1) is 12.8. The van der Waals surface area contributed by atoms with Gasteiger partial charge in [-0.1, -0.05) is 54.6 Å². The van der Waals surface area contributed by atoms with Gasteiger partial charge in [-0.05, 0) is 41.4 Å². The molecule has 3 nitrogen and oxygen atoms in total. The zero-order valence-corrected chi connectivity index (χ0v) is 15.3. The number of fused-ring (bicyclic) bond motifs is 1. The van der Waals surface area contributed by atoms with Crippen LogP contribution < -0.4 is 5.32 Å². The van der Waals surface area contributed by atoms with Crippen LogP contribution >= 0.6 is 0 Å². The zero-order valence-electron chi connectivity index (χ0n) is 15.3. The number of aliphatic hydroxyl groups is 1. The van der Waals surface area contributed by atoms with Gasteiger partial charge in [-0.25, -0.2) is 0 Å². The second-order valence-electron chi connectivity index (χ2n) is 8.32. The lowest BCUT2D eigenvalue weighted by Gasteiger charge is -2.22. The summed E-state index contributed by atoms with van der Waals surface area (Å²) in [6.07, 6.45) is 2.07. The Hall–Kier alpha value is -1.68. The number of nitrogens with zero attached hydrogens (tertiary/aromatic N) is 1. The molecule has 1 saturated carbocycles. The van der Waals surface area contributed by atoms with Crippen molar-refractivity contribution in [3.05, 3.63) is 71.3 Å². The van der Waals surface area contributed by atoms with E-state index in [2.05, 4.69) is 64.8 Å². The fraction of sp³-hybridized carbons (Fsp3) is 0.478. The minimum atomic E-state index is -0.220. The molecular weight excluding hydrogens is 320 g/mol. The largest absolute Gasteiger partial charge is 0.391 e. The molecule has 0 aromatic heterocycles. The molecule has 5 rings (SSSR count). The second-order valence-corrected chi connectivity index (χ2v) is 8.32. The molecule has 2 aliphatic heterocycles. The zero-order chi connectivity index (χ0) is 17.6. The lowest BCUT2D eigenvalue weighted by atomic mass is 9.95. The van der Waals surface area contributed by atoms with Crippen LogP contribution in [-0.2, 0) is 12.8 Å². The molecule has 2 fully saturated rings. The monoisotopic (exact) mass is 348 g/mol. The van der Waals surface area contributed by atoms with Gasteiger partial charge in [0, 0.05) is 38.1 Å². The molecule has 2 aromatic carbocycles. The van der Waals surface area contributed by atoms with Crippen LogP contribution in [0.3, 0.4) is 0 Å². The van der Waals surface area contributed by atoms with Gasteiger partial charge in [0.1, 0.15) is 0 Å². The molecule has 136 valence electrons. The summed E-state index contributed by atoms with van der Waals surface area (Å²) in [5.41, 5.74) is 4.48. The molecule has 2 heterocycles. The van der Waals surface area contributed by atoms with Gasteiger partial charge in [0.2, 0.25) is 0 Å². The highest BCUT2D eigenvalue weighted by atomic mass is 16.3. The maximum Gasteiger partial charge on any atom is 0.0742 e. The van der Waals surface area contributed by atoms with Crippen molar-refractivity contribution in [1.82, 2.24) is 10.2 Å². The Kier molecular flexibility index (Phi) is 4.11. The Labute approximate surface area is 156 Å². The van der Waals surface area contributed by atoms with Crippen molar-refractivity contribution < 1.29 is 5.11 Å². The van der Waals surface area contributed by atoms with E-state index in [0.29, 0.717) is 11.8 Å². The molecule has 4 atom stereocenters. The summed E-state index contributed by atoms with van der Waals surface area (Å²) in [5, 5.41) is 14.2. The molecule has 1 saturated heterocycles. The molecule has 0 unspecified atom stereocenters. The van der Waals surface area contributed by atoms with Crippen LogP contribution in [-0.4, -0.2) is 48.8 Å². The van der Waals surface area contributed by atoms with Gasteiger partial charge < -0.3 is 15.3 Å². The minimum Gasteiger partial charge on any atom is -0.391 e. The first kappa shape index (κ1) is 16.5. The highest BCUT2D eigenvalue weighted by Crippen LogP contribution is 2.67. The first-order valence-electron chi connectivity index (χ1n) is 10.0. The second kappa shape index (κ2) is 6.49. The number of aliphatic hydroxyl groups excluding tert-OH is 1. The molecule has 2 aromatic rings. The topological polar surface area (TPSA) is 35.5 Å². The van der Waals surface area contributed by atoms with Crippen LogP contribution in [0, 0.1) is 11.3 Å². The predicted molar refractivity (Wildman–Crippen MR) is 104 cm³/mol. The summed E-state index contributed by atoms with van der Waals surface area (Å²) < 4.78 is 0. The van der Waals surface area contributed by atoms with E-state index >= 15 is 0 Å². The molecule has 1 spiro atoms. The molecular formula is C23H28N2O.